The van der Waals surface area contributed by atoms with Crippen LogP contribution in [0.1, 0.15) is 29.5 Å². The molecule has 0 bridgehead atoms. The van der Waals surface area contributed by atoms with Crippen molar-refractivity contribution in [3.63, 3.8) is 0 Å². The molecule has 28 heavy (non-hydrogen) atoms. The molecular weight excluding hydrogens is 370 g/mol. The molecule has 1 aliphatic heterocycles. The maximum Gasteiger partial charge on any atom is 0.227 e. The number of halogens is 1. The minimum absolute atomic E-state index is 0.172. The number of benzene rings is 2. The number of fused-ring (bicyclic) bond motifs is 1. The molecule has 0 radical (unpaired) electrons. The average molecular weight is 396 g/mol. The molecule has 1 fully saturated rings. The second kappa shape index (κ2) is 7.96. The SMILES string of the molecule is Cc1cc2ncn(CC3CCN(C(=O)Cc4ccccc4Cl)CC3)c2cc1C. The number of nitrogens with zero attached hydrogens (tertiary/aromatic N) is 3. The molecule has 1 aromatic heterocycles. The molecular formula is C23H26ClN3O. The van der Waals surface area contributed by atoms with Gasteiger partial charge in [0, 0.05) is 24.7 Å². The molecule has 0 spiro atoms. The predicted molar refractivity (Wildman–Crippen MR) is 114 cm³/mol. The summed E-state index contributed by atoms with van der Waals surface area (Å²) in [5, 5.41) is 0.670. The molecule has 146 valence electrons. The van der Waals surface area contributed by atoms with Crippen molar-refractivity contribution in [3.8, 4) is 0 Å². The first-order valence-corrected chi connectivity index (χ1v) is 10.3. The number of carbonyl (C=O) groups is 1. The van der Waals surface area contributed by atoms with E-state index in [4.69, 9.17) is 11.6 Å². The maximum absolute atomic E-state index is 12.6. The number of imidazole rings is 1. The minimum Gasteiger partial charge on any atom is -0.342 e. The van der Waals surface area contributed by atoms with E-state index < -0.39 is 0 Å². The first kappa shape index (κ1) is 19.0. The Hall–Kier alpha value is -2.33. The largest absolute Gasteiger partial charge is 0.342 e. The third kappa shape index (κ3) is 3.93. The van der Waals surface area contributed by atoms with Gasteiger partial charge in [-0.05, 0) is 67.5 Å². The summed E-state index contributed by atoms with van der Waals surface area (Å²) in [7, 11) is 0. The average Bonchev–Trinajstić information content (AvgIpc) is 3.06. The molecule has 3 aromatic rings. The molecule has 5 heteroatoms. The van der Waals surface area contributed by atoms with Crippen LogP contribution in [0.3, 0.4) is 0 Å². The summed E-state index contributed by atoms with van der Waals surface area (Å²) >= 11 is 6.20. The van der Waals surface area contributed by atoms with E-state index in [1.807, 2.05) is 35.5 Å². The van der Waals surface area contributed by atoms with Crippen LogP contribution in [0.4, 0.5) is 0 Å². The molecule has 2 heterocycles. The van der Waals surface area contributed by atoms with Crippen LogP contribution in [-0.2, 0) is 17.8 Å². The van der Waals surface area contributed by atoms with E-state index in [0.29, 0.717) is 17.4 Å². The van der Waals surface area contributed by atoms with Gasteiger partial charge in [-0.3, -0.25) is 4.79 Å². The highest BCUT2D eigenvalue weighted by Crippen LogP contribution is 2.24. The summed E-state index contributed by atoms with van der Waals surface area (Å²) in [5.41, 5.74) is 5.76. The number of likely N-dealkylation sites (tertiary alicyclic amines) is 1. The van der Waals surface area contributed by atoms with Gasteiger partial charge in [-0.15, -0.1) is 0 Å². The standard InChI is InChI=1S/C23H26ClN3O/c1-16-11-21-22(12-17(16)2)27(15-25-21)14-18-7-9-26(10-8-18)23(28)13-19-5-3-4-6-20(19)24/h3-6,11-12,15,18H,7-10,13-14H2,1-2H3. The van der Waals surface area contributed by atoms with Crippen LogP contribution >= 0.6 is 11.6 Å². The van der Waals surface area contributed by atoms with E-state index in [1.165, 1.54) is 16.6 Å². The van der Waals surface area contributed by atoms with Crippen LogP contribution in [0.25, 0.3) is 11.0 Å². The highest BCUT2D eigenvalue weighted by atomic mass is 35.5. The molecule has 1 amide bonds. The molecule has 4 rings (SSSR count). The Bertz CT molecular complexity index is 1000. The van der Waals surface area contributed by atoms with Crippen LogP contribution in [-0.4, -0.2) is 33.4 Å². The zero-order valence-electron chi connectivity index (χ0n) is 16.5. The second-order valence-corrected chi connectivity index (χ2v) is 8.32. The van der Waals surface area contributed by atoms with Crippen LogP contribution in [0.15, 0.2) is 42.7 Å². The normalized spacial score (nSPS) is 15.3. The molecule has 0 saturated carbocycles. The zero-order valence-corrected chi connectivity index (χ0v) is 17.2. The molecule has 0 atom stereocenters. The Morgan fingerprint density at radius 1 is 1.14 bits per heavy atom. The summed E-state index contributed by atoms with van der Waals surface area (Å²) in [6.07, 6.45) is 4.39. The van der Waals surface area contributed by atoms with Gasteiger partial charge in [0.2, 0.25) is 5.91 Å². The Kier molecular flexibility index (Phi) is 5.40. The summed E-state index contributed by atoms with van der Waals surface area (Å²) in [4.78, 5) is 19.2. The van der Waals surface area contributed by atoms with Gasteiger partial charge in [0.1, 0.15) is 0 Å². The van der Waals surface area contributed by atoms with Crippen molar-refractivity contribution < 1.29 is 4.79 Å². The first-order chi connectivity index (χ1) is 13.5. The van der Waals surface area contributed by atoms with E-state index in [2.05, 4.69) is 35.5 Å². The van der Waals surface area contributed by atoms with Gasteiger partial charge in [0.15, 0.2) is 0 Å². The van der Waals surface area contributed by atoms with Gasteiger partial charge in [0.05, 0.1) is 23.8 Å². The fourth-order valence-electron chi connectivity index (χ4n) is 4.02. The molecule has 4 nitrogen and oxygen atoms in total. The number of rotatable bonds is 4. The second-order valence-electron chi connectivity index (χ2n) is 7.91. The van der Waals surface area contributed by atoms with Gasteiger partial charge >= 0.3 is 0 Å². The molecule has 1 saturated heterocycles. The lowest BCUT2D eigenvalue weighted by molar-refractivity contribution is -0.131. The fourth-order valence-corrected chi connectivity index (χ4v) is 4.22. The number of piperidine rings is 1. The highest BCUT2D eigenvalue weighted by molar-refractivity contribution is 6.31. The van der Waals surface area contributed by atoms with E-state index in [-0.39, 0.29) is 5.91 Å². The Morgan fingerprint density at radius 3 is 2.61 bits per heavy atom. The van der Waals surface area contributed by atoms with E-state index in [0.717, 1.165) is 43.6 Å². The molecule has 1 aliphatic rings. The Balaban J connectivity index is 1.36. The van der Waals surface area contributed by atoms with Crippen molar-refractivity contribution in [1.29, 1.82) is 0 Å². The predicted octanol–water partition coefficient (Wildman–Crippen LogP) is 4.79. The molecule has 0 unspecified atom stereocenters. The van der Waals surface area contributed by atoms with Crippen LogP contribution in [0.2, 0.25) is 5.02 Å². The third-order valence-electron chi connectivity index (χ3n) is 5.96. The topological polar surface area (TPSA) is 38.1 Å². The Morgan fingerprint density at radius 2 is 1.86 bits per heavy atom. The molecule has 0 N–H and O–H groups in total. The van der Waals surface area contributed by atoms with Crippen molar-refractivity contribution in [3.05, 3.63) is 64.4 Å². The highest BCUT2D eigenvalue weighted by Gasteiger charge is 2.24. The lowest BCUT2D eigenvalue weighted by Crippen LogP contribution is -2.40. The lowest BCUT2D eigenvalue weighted by Gasteiger charge is -2.32. The maximum atomic E-state index is 12.6. The van der Waals surface area contributed by atoms with Gasteiger partial charge in [0.25, 0.3) is 0 Å². The number of aryl methyl sites for hydroxylation is 2. The summed E-state index contributed by atoms with van der Waals surface area (Å²) in [5.74, 6) is 0.745. The number of hydrogen-bond acceptors (Lipinski definition) is 2. The fraction of sp³-hybridized carbons (Fsp3) is 0.391. The Labute approximate surface area is 171 Å². The van der Waals surface area contributed by atoms with Gasteiger partial charge in [-0.2, -0.15) is 0 Å². The first-order valence-electron chi connectivity index (χ1n) is 9.94. The van der Waals surface area contributed by atoms with E-state index in [1.54, 1.807) is 0 Å². The zero-order chi connectivity index (χ0) is 19.7. The van der Waals surface area contributed by atoms with E-state index >= 15 is 0 Å². The number of aromatic nitrogens is 2. The number of hydrogen-bond donors (Lipinski definition) is 0. The van der Waals surface area contributed by atoms with Gasteiger partial charge < -0.3 is 9.47 Å². The minimum atomic E-state index is 0.172. The van der Waals surface area contributed by atoms with Crippen molar-refractivity contribution in [2.75, 3.05) is 13.1 Å². The summed E-state index contributed by atoms with van der Waals surface area (Å²) in [6, 6.07) is 12.0. The van der Waals surface area contributed by atoms with Crippen molar-refractivity contribution in [1.82, 2.24) is 14.5 Å². The summed E-state index contributed by atoms with van der Waals surface area (Å²) in [6.45, 7) is 6.88. The smallest absolute Gasteiger partial charge is 0.227 e. The van der Waals surface area contributed by atoms with Gasteiger partial charge in [-0.25, -0.2) is 4.98 Å². The van der Waals surface area contributed by atoms with Gasteiger partial charge in [-0.1, -0.05) is 29.8 Å². The number of amides is 1. The quantitative estimate of drug-likeness (QED) is 0.637. The van der Waals surface area contributed by atoms with Crippen molar-refractivity contribution >= 4 is 28.5 Å². The monoisotopic (exact) mass is 395 g/mol. The molecule has 0 aliphatic carbocycles. The van der Waals surface area contributed by atoms with Crippen LogP contribution in [0, 0.1) is 19.8 Å². The van der Waals surface area contributed by atoms with E-state index in [9.17, 15) is 4.79 Å². The van der Waals surface area contributed by atoms with Crippen LogP contribution < -0.4 is 0 Å². The van der Waals surface area contributed by atoms with Crippen molar-refractivity contribution in [2.45, 2.75) is 39.7 Å². The summed E-state index contributed by atoms with van der Waals surface area (Å²) < 4.78 is 2.27. The third-order valence-corrected chi connectivity index (χ3v) is 6.33. The van der Waals surface area contributed by atoms with Crippen molar-refractivity contribution in [2.24, 2.45) is 5.92 Å². The number of carbonyl (C=O) groups excluding carboxylic acids is 1. The molecule has 2 aromatic carbocycles. The lowest BCUT2D eigenvalue weighted by atomic mass is 9.96. The van der Waals surface area contributed by atoms with Crippen LogP contribution in [0.5, 0.6) is 0 Å².